The van der Waals surface area contributed by atoms with Gasteiger partial charge in [0.15, 0.2) is 0 Å². The molecule has 0 radical (unpaired) electrons. The van der Waals surface area contributed by atoms with Crippen molar-refractivity contribution in [1.29, 1.82) is 0 Å². The number of rotatable bonds is 7. The van der Waals surface area contributed by atoms with Crippen molar-refractivity contribution < 1.29 is 4.74 Å². The van der Waals surface area contributed by atoms with Crippen LogP contribution in [0.4, 0.5) is 0 Å². The van der Waals surface area contributed by atoms with Crippen molar-refractivity contribution in [3.63, 3.8) is 0 Å². The largest absolute Gasteiger partial charge is 0.485 e. The van der Waals surface area contributed by atoms with Crippen LogP contribution in [-0.4, -0.2) is 37.3 Å². The van der Waals surface area contributed by atoms with Gasteiger partial charge in [-0.1, -0.05) is 42.5 Å². The molecule has 0 spiro atoms. The van der Waals surface area contributed by atoms with E-state index in [2.05, 4.69) is 75.1 Å². The highest BCUT2D eigenvalue weighted by Gasteiger charge is 2.15. The van der Waals surface area contributed by atoms with Gasteiger partial charge in [-0.05, 0) is 52.6 Å². The first-order chi connectivity index (χ1) is 11.8. The molecule has 0 aliphatic carbocycles. The first kappa shape index (κ1) is 19.2. The summed E-state index contributed by atoms with van der Waals surface area (Å²) in [6.07, 6.45) is 2.87. The van der Waals surface area contributed by atoms with Gasteiger partial charge in [0.1, 0.15) is 11.9 Å². The summed E-state index contributed by atoms with van der Waals surface area (Å²) in [5.41, 5.74) is 2.12. The van der Waals surface area contributed by atoms with Crippen LogP contribution in [0.1, 0.15) is 44.4 Å². The quantitative estimate of drug-likeness (QED) is 0.665. The Labute approximate surface area is 152 Å². The molecule has 25 heavy (non-hydrogen) atoms. The molecular formula is C22H30N2O. The Kier molecular flexibility index (Phi) is 6.77. The van der Waals surface area contributed by atoms with Gasteiger partial charge in [0.05, 0.1) is 5.54 Å². The predicted molar refractivity (Wildman–Crippen MR) is 107 cm³/mol. The second-order valence-electron chi connectivity index (χ2n) is 7.58. The van der Waals surface area contributed by atoms with E-state index in [1.807, 2.05) is 30.5 Å². The van der Waals surface area contributed by atoms with Gasteiger partial charge in [0.2, 0.25) is 0 Å². The summed E-state index contributed by atoms with van der Waals surface area (Å²) in [6, 6.07) is 18.5. The van der Waals surface area contributed by atoms with E-state index in [4.69, 9.17) is 4.74 Å². The Morgan fingerprint density at radius 3 is 2.28 bits per heavy atom. The third-order valence-corrected chi connectivity index (χ3v) is 3.79. The zero-order chi connectivity index (χ0) is 18.3. The third-order valence-electron chi connectivity index (χ3n) is 3.79. The van der Waals surface area contributed by atoms with Crippen LogP contribution in [0.2, 0.25) is 0 Å². The first-order valence-electron chi connectivity index (χ1n) is 8.86. The normalized spacial score (nSPS) is 13.4. The lowest BCUT2D eigenvalue weighted by atomic mass is 10.1. The summed E-state index contributed by atoms with van der Waals surface area (Å²) >= 11 is 0. The van der Waals surface area contributed by atoms with Crippen LogP contribution in [0.25, 0.3) is 0 Å². The fraction of sp³-hybridized carbons (Fsp3) is 0.409. The molecule has 0 heterocycles. The van der Waals surface area contributed by atoms with E-state index < -0.39 is 0 Å². The molecule has 2 aromatic carbocycles. The van der Waals surface area contributed by atoms with Crippen molar-refractivity contribution >= 4 is 6.21 Å². The Morgan fingerprint density at radius 2 is 1.64 bits per heavy atom. The molecule has 1 atom stereocenters. The van der Waals surface area contributed by atoms with Gasteiger partial charge in [-0.25, -0.2) is 0 Å². The molecule has 134 valence electrons. The maximum absolute atomic E-state index is 6.43. The minimum atomic E-state index is -0.100. The number of aliphatic imine (C=N–C) groups is 1. The number of nitrogens with zero attached hydrogens (tertiary/aromatic N) is 2. The van der Waals surface area contributed by atoms with Crippen LogP contribution in [0.5, 0.6) is 5.75 Å². The average molecular weight is 338 g/mol. The molecule has 3 heteroatoms. The maximum atomic E-state index is 6.43. The van der Waals surface area contributed by atoms with Crippen molar-refractivity contribution in [3.8, 4) is 5.75 Å². The Hall–Kier alpha value is -2.13. The number of ether oxygens (including phenoxy) is 1. The molecule has 0 amide bonds. The summed E-state index contributed by atoms with van der Waals surface area (Å²) < 4.78 is 6.43. The molecule has 0 unspecified atom stereocenters. The summed E-state index contributed by atoms with van der Waals surface area (Å²) in [5.74, 6) is 0.878. The molecule has 0 N–H and O–H groups in total. The lowest BCUT2D eigenvalue weighted by Gasteiger charge is -2.22. The van der Waals surface area contributed by atoms with Crippen molar-refractivity contribution in [2.75, 3.05) is 20.6 Å². The SMILES string of the molecule is CN(C)CC[C@@H](Oc1ccccc1C=NC(C)(C)C)c1ccccc1. The lowest BCUT2D eigenvalue weighted by Crippen LogP contribution is -2.19. The minimum absolute atomic E-state index is 0.0211. The van der Waals surface area contributed by atoms with E-state index in [-0.39, 0.29) is 11.6 Å². The van der Waals surface area contributed by atoms with Gasteiger partial charge in [0, 0.05) is 24.7 Å². The fourth-order valence-electron chi connectivity index (χ4n) is 2.45. The Balaban J connectivity index is 2.25. The van der Waals surface area contributed by atoms with Crippen molar-refractivity contribution in [2.45, 2.75) is 38.8 Å². The maximum Gasteiger partial charge on any atom is 0.128 e. The smallest absolute Gasteiger partial charge is 0.128 e. The van der Waals surface area contributed by atoms with E-state index in [1.54, 1.807) is 0 Å². The standard InChI is InChI=1S/C22H30N2O/c1-22(2,3)23-17-19-13-9-10-14-20(19)25-21(15-16-24(4)5)18-11-7-6-8-12-18/h6-14,17,21H,15-16H2,1-5H3/t21-/m1/s1. The number of hydrogen-bond donors (Lipinski definition) is 0. The fourth-order valence-corrected chi connectivity index (χ4v) is 2.45. The highest BCUT2D eigenvalue weighted by atomic mass is 16.5. The molecule has 0 aromatic heterocycles. The van der Waals surface area contributed by atoms with Crippen LogP contribution < -0.4 is 4.74 Å². The zero-order valence-electron chi connectivity index (χ0n) is 16.1. The third kappa shape index (κ3) is 6.71. The van der Waals surface area contributed by atoms with E-state index in [9.17, 15) is 0 Å². The van der Waals surface area contributed by atoms with Gasteiger partial charge < -0.3 is 9.64 Å². The second kappa shape index (κ2) is 8.82. The molecule has 0 aliphatic rings. The Morgan fingerprint density at radius 1 is 1.00 bits per heavy atom. The number of benzene rings is 2. The van der Waals surface area contributed by atoms with E-state index in [0.717, 1.165) is 24.3 Å². The Bertz CT molecular complexity index is 672. The summed E-state index contributed by atoms with van der Waals surface area (Å²) in [5, 5.41) is 0. The van der Waals surface area contributed by atoms with E-state index >= 15 is 0 Å². The average Bonchev–Trinajstić information content (AvgIpc) is 2.57. The topological polar surface area (TPSA) is 24.8 Å². The van der Waals surface area contributed by atoms with Crippen LogP contribution in [0.15, 0.2) is 59.6 Å². The van der Waals surface area contributed by atoms with Gasteiger partial charge in [-0.3, -0.25) is 4.99 Å². The zero-order valence-corrected chi connectivity index (χ0v) is 16.1. The number of hydrogen-bond acceptors (Lipinski definition) is 3. The monoisotopic (exact) mass is 338 g/mol. The summed E-state index contributed by atoms with van der Waals surface area (Å²) in [4.78, 5) is 6.82. The van der Waals surface area contributed by atoms with Crippen LogP contribution in [-0.2, 0) is 0 Å². The molecule has 0 bridgehead atoms. The summed E-state index contributed by atoms with van der Waals surface area (Å²) in [6.45, 7) is 7.25. The molecule has 0 fully saturated rings. The van der Waals surface area contributed by atoms with Gasteiger partial charge >= 0.3 is 0 Å². The molecule has 0 saturated heterocycles. The van der Waals surface area contributed by atoms with Gasteiger partial charge in [-0.2, -0.15) is 0 Å². The molecule has 2 rings (SSSR count). The summed E-state index contributed by atoms with van der Waals surface area (Å²) in [7, 11) is 4.18. The molecule has 0 saturated carbocycles. The molecular weight excluding hydrogens is 308 g/mol. The van der Waals surface area contributed by atoms with Gasteiger partial charge in [-0.15, -0.1) is 0 Å². The number of para-hydroxylation sites is 1. The molecule has 0 aliphatic heterocycles. The van der Waals surface area contributed by atoms with Crippen LogP contribution in [0.3, 0.4) is 0 Å². The van der Waals surface area contributed by atoms with Gasteiger partial charge in [0.25, 0.3) is 0 Å². The van der Waals surface area contributed by atoms with Crippen molar-refractivity contribution in [1.82, 2.24) is 4.90 Å². The highest BCUT2D eigenvalue weighted by molar-refractivity contribution is 5.83. The van der Waals surface area contributed by atoms with Crippen molar-refractivity contribution in [3.05, 3.63) is 65.7 Å². The van der Waals surface area contributed by atoms with E-state index in [0.29, 0.717) is 0 Å². The first-order valence-corrected chi connectivity index (χ1v) is 8.86. The highest BCUT2D eigenvalue weighted by Crippen LogP contribution is 2.27. The minimum Gasteiger partial charge on any atom is -0.485 e. The molecule has 2 aromatic rings. The lowest BCUT2D eigenvalue weighted by molar-refractivity contribution is 0.179. The van der Waals surface area contributed by atoms with Crippen LogP contribution in [0, 0.1) is 0 Å². The van der Waals surface area contributed by atoms with Crippen molar-refractivity contribution in [2.24, 2.45) is 4.99 Å². The molecule has 3 nitrogen and oxygen atoms in total. The second-order valence-corrected chi connectivity index (χ2v) is 7.58. The predicted octanol–water partition coefficient (Wildman–Crippen LogP) is 4.98. The van der Waals surface area contributed by atoms with Crippen LogP contribution >= 0.6 is 0 Å². The van der Waals surface area contributed by atoms with E-state index in [1.165, 1.54) is 5.56 Å².